The fraction of sp³-hybridized carbons (Fsp3) is 0.536. The fourth-order valence-corrected chi connectivity index (χ4v) is 5.03. The number of anilines is 1. The fourth-order valence-electron chi connectivity index (χ4n) is 4.41. The third-order valence-electron chi connectivity index (χ3n) is 6.30. The number of hydrogen-bond acceptors (Lipinski definition) is 5. The van der Waals surface area contributed by atoms with Crippen molar-refractivity contribution >= 4 is 49.4 Å². The van der Waals surface area contributed by atoms with E-state index < -0.39 is 46.0 Å². The molecule has 0 aliphatic heterocycles. The highest BCUT2D eigenvalue weighted by atomic mass is 79.9. The van der Waals surface area contributed by atoms with Crippen molar-refractivity contribution in [3.05, 3.63) is 46.9 Å². The molecule has 1 heterocycles. The topological polar surface area (TPSA) is 68.7 Å². The summed E-state index contributed by atoms with van der Waals surface area (Å²) in [4.78, 5) is 30.8. The summed E-state index contributed by atoms with van der Waals surface area (Å²) in [6.45, 7) is 7.46. The number of aromatic nitrogens is 1. The molecule has 6 nitrogen and oxygen atoms in total. The van der Waals surface area contributed by atoms with E-state index in [2.05, 4.69) is 36.8 Å². The molecule has 1 aliphatic carbocycles. The monoisotopic (exact) mass is 696 g/mol. The van der Waals surface area contributed by atoms with Crippen LogP contribution in [0.3, 0.4) is 0 Å². The van der Waals surface area contributed by atoms with Gasteiger partial charge in [0, 0.05) is 35.6 Å². The Labute approximate surface area is 249 Å². The molecule has 1 saturated carbocycles. The van der Waals surface area contributed by atoms with Crippen molar-refractivity contribution < 1.29 is 36.6 Å². The molecule has 40 heavy (non-hydrogen) atoms. The van der Waals surface area contributed by atoms with Crippen LogP contribution in [0.15, 0.2) is 24.4 Å². The molecular weight excluding hydrogens is 664 g/mol. The Morgan fingerprint density at radius 2 is 1.75 bits per heavy atom. The summed E-state index contributed by atoms with van der Waals surface area (Å²) in [6.07, 6.45) is 0.526. The highest BCUT2D eigenvalue weighted by Gasteiger charge is 2.37. The van der Waals surface area contributed by atoms with Crippen molar-refractivity contribution in [1.82, 2.24) is 4.98 Å². The molecule has 0 N–H and O–H groups in total. The summed E-state index contributed by atoms with van der Waals surface area (Å²) < 4.78 is 67.0. The number of pyridine rings is 1. The van der Waals surface area contributed by atoms with E-state index in [9.17, 15) is 22.8 Å². The van der Waals surface area contributed by atoms with Gasteiger partial charge in [0.1, 0.15) is 5.56 Å². The van der Waals surface area contributed by atoms with Crippen LogP contribution >= 0.6 is 31.9 Å². The van der Waals surface area contributed by atoms with E-state index in [-0.39, 0.29) is 28.6 Å². The number of benzene rings is 1. The van der Waals surface area contributed by atoms with Crippen molar-refractivity contribution in [3.8, 4) is 11.6 Å². The summed E-state index contributed by atoms with van der Waals surface area (Å²) in [7, 11) is 1.11. The zero-order valence-electron chi connectivity index (χ0n) is 23.1. The molecule has 1 aromatic heterocycles. The average Bonchev–Trinajstić information content (AvgIpc) is 2.94. The number of esters is 1. The highest BCUT2D eigenvalue weighted by molar-refractivity contribution is 9.12. The number of alkyl halides is 5. The van der Waals surface area contributed by atoms with Crippen LogP contribution in [0.4, 0.5) is 23.2 Å². The molecule has 222 valence electrons. The molecule has 3 rings (SSSR count). The molecule has 12 heteroatoms. The Balaban J connectivity index is 0.00000274. The predicted molar refractivity (Wildman–Crippen MR) is 153 cm³/mol. The van der Waals surface area contributed by atoms with E-state index in [1.165, 1.54) is 11.1 Å². The maximum absolute atomic E-state index is 15.4. The SMILES string of the molecule is CC.COC(=O)c1cc(Oc2ncc(C(Br)CBr)cc2C(F)(F)F)c(F)cc1N(C(=O)C1CCCCC1)C(C)C. The van der Waals surface area contributed by atoms with Crippen LogP contribution in [-0.4, -0.2) is 35.3 Å². The van der Waals surface area contributed by atoms with E-state index in [4.69, 9.17) is 9.47 Å². The molecule has 1 amide bonds. The number of methoxy groups -OCH3 is 1. The molecule has 1 aromatic carbocycles. The summed E-state index contributed by atoms with van der Waals surface area (Å²) in [5.41, 5.74) is -1.22. The predicted octanol–water partition coefficient (Wildman–Crippen LogP) is 9.00. The Kier molecular flexibility index (Phi) is 12.9. The summed E-state index contributed by atoms with van der Waals surface area (Å²) in [5.74, 6) is -4.02. The summed E-state index contributed by atoms with van der Waals surface area (Å²) in [5, 5.41) is 0.330. The lowest BCUT2D eigenvalue weighted by Crippen LogP contribution is -2.42. The van der Waals surface area contributed by atoms with Crippen LogP contribution < -0.4 is 9.64 Å². The number of hydrogen-bond donors (Lipinski definition) is 0. The maximum Gasteiger partial charge on any atom is 0.421 e. The second kappa shape index (κ2) is 15.1. The van der Waals surface area contributed by atoms with E-state index in [0.29, 0.717) is 18.2 Å². The number of halogens is 6. The van der Waals surface area contributed by atoms with Crippen LogP contribution in [0.25, 0.3) is 0 Å². The van der Waals surface area contributed by atoms with Crippen LogP contribution in [0, 0.1) is 11.7 Å². The first-order chi connectivity index (χ1) is 18.9. The normalized spacial score (nSPS) is 14.7. The Bertz CT molecular complexity index is 1170. The largest absolute Gasteiger partial charge is 0.465 e. The van der Waals surface area contributed by atoms with Crippen molar-refractivity contribution in [2.75, 3.05) is 17.3 Å². The molecule has 0 bridgehead atoms. The van der Waals surface area contributed by atoms with Gasteiger partial charge in [-0.1, -0.05) is 65.0 Å². The molecule has 0 saturated heterocycles. The van der Waals surface area contributed by atoms with Gasteiger partial charge in [0.05, 0.1) is 23.2 Å². The number of ether oxygens (including phenoxy) is 2. The first-order valence-corrected chi connectivity index (χ1v) is 15.1. The first kappa shape index (κ1) is 34.0. The standard InChI is InChI=1S/C26H28Br2F4N2O4.C2H6/c1-14(2)34(24(35)15-7-5-4-6-8-15)21-11-20(29)22(10-17(21)25(36)37-3)38-23-18(26(30,31)32)9-16(13-33-23)19(28)12-27;1-2/h9-11,13-15,19H,4-8,12H2,1-3H3;1-2H3. The van der Waals surface area contributed by atoms with Gasteiger partial charge in [-0.2, -0.15) is 13.2 Å². The second-order valence-electron chi connectivity index (χ2n) is 9.27. The lowest BCUT2D eigenvalue weighted by molar-refractivity contribution is -0.139. The number of amides is 1. The zero-order chi connectivity index (χ0) is 30.2. The molecule has 0 spiro atoms. The quantitative estimate of drug-likeness (QED) is 0.157. The van der Waals surface area contributed by atoms with Crippen molar-refractivity contribution in [2.24, 2.45) is 5.92 Å². The van der Waals surface area contributed by atoms with Gasteiger partial charge in [-0.05, 0) is 38.3 Å². The van der Waals surface area contributed by atoms with Gasteiger partial charge in [0.15, 0.2) is 11.6 Å². The van der Waals surface area contributed by atoms with E-state index in [1.54, 1.807) is 13.8 Å². The minimum Gasteiger partial charge on any atom is -0.465 e. The van der Waals surface area contributed by atoms with Crippen LogP contribution in [0.1, 0.15) is 86.1 Å². The number of rotatable bonds is 8. The van der Waals surface area contributed by atoms with Crippen LogP contribution in [-0.2, 0) is 15.7 Å². The number of carbonyl (C=O) groups excluding carboxylic acids is 2. The Morgan fingerprint density at radius 1 is 1.12 bits per heavy atom. The molecule has 1 fully saturated rings. The maximum atomic E-state index is 15.4. The van der Waals surface area contributed by atoms with E-state index >= 15 is 4.39 Å². The van der Waals surface area contributed by atoms with Gasteiger partial charge >= 0.3 is 12.1 Å². The zero-order valence-corrected chi connectivity index (χ0v) is 26.3. The van der Waals surface area contributed by atoms with Gasteiger partial charge in [0.2, 0.25) is 11.8 Å². The molecular formula is C28H34Br2F4N2O4. The molecule has 1 atom stereocenters. The van der Waals surface area contributed by atoms with Gasteiger partial charge in [-0.25, -0.2) is 14.2 Å². The minimum absolute atomic E-state index is 0.0360. The number of carbonyl (C=O) groups is 2. The summed E-state index contributed by atoms with van der Waals surface area (Å²) in [6, 6.07) is 2.29. The van der Waals surface area contributed by atoms with Gasteiger partial charge < -0.3 is 14.4 Å². The Hall–Kier alpha value is -2.21. The first-order valence-electron chi connectivity index (χ1n) is 13.1. The van der Waals surface area contributed by atoms with Crippen LogP contribution in [0.2, 0.25) is 0 Å². The Morgan fingerprint density at radius 3 is 2.27 bits per heavy atom. The molecule has 1 aliphatic rings. The lowest BCUT2D eigenvalue weighted by Gasteiger charge is -2.33. The number of nitrogens with zero attached hydrogens (tertiary/aromatic N) is 2. The van der Waals surface area contributed by atoms with Crippen molar-refractivity contribution in [1.29, 1.82) is 0 Å². The van der Waals surface area contributed by atoms with E-state index in [0.717, 1.165) is 44.6 Å². The third kappa shape index (κ3) is 8.18. The van der Waals surface area contributed by atoms with Crippen LogP contribution in [0.5, 0.6) is 11.6 Å². The smallest absolute Gasteiger partial charge is 0.421 e. The summed E-state index contributed by atoms with van der Waals surface area (Å²) >= 11 is 6.45. The lowest BCUT2D eigenvalue weighted by atomic mass is 9.87. The highest BCUT2D eigenvalue weighted by Crippen LogP contribution is 2.41. The van der Waals surface area contributed by atoms with E-state index in [1.807, 2.05) is 13.8 Å². The van der Waals surface area contributed by atoms with Gasteiger partial charge in [0.25, 0.3) is 0 Å². The van der Waals surface area contributed by atoms with Gasteiger partial charge in [-0.3, -0.25) is 4.79 Å². The minimum atomic E-state index is -4.85. The van der Waals surface area contributed by atoms with Crippen molar-refractivity contribution in [3.63, 3.8) is 0 Å². The molecule has 1 unspecified atom stereocenters. The average molecular weight is 698 g/mol. The molecule has 0 radical (unpaired) electrons. The van der Waals surface area contributed by atoms with Crippen molar-refractivity contribution in [2.45, 2.75) is 76.8 Å². The molecule has 2 aromatic rings. The third-order valence-corrected chi connectivity index (χ3v) is 8.67. The second-order valence-corrected chi connectivity index (χ2v) is 11.0. The van der Waals surface area contributed by atoms with Gasteiger partial charge in [-0.15, -0.1) is 0 Å².